The van der Waals surface area contributed by atoms with Crippen molar-refractivity contribution >= 4 is 0 Å². The van der Waals surface area contributed by atoms with Gasteiger partial charge in [0, 0.05) is 26.0 Å². The summed E-state index contributed by atoms with van der Waals surface area (Å²) in [7, 11) is 2.09. The van der Waals surface area contributed by atoms with Gasteiger partial charge in [0.15, 0.2) is 0 Å². The number of rotatable bonds is 2. The third kappa shape index (κ3) is 9.48. The first-order valence-electron chi connectivity index (χ1n) is 4.15. The Morgan fingerprint density at radius 1 is 1.36 bits per heavy atom. The van der Waals surface area contributed by atoms with Gasteiger partial charge in [-0.05, 0) is 6.42 Å². The van der Waals surface area contributed by atoms with Crippen LogP contribution in [0.5, 0.6) is 0 Å². The van der Waals surface area contributed by atoms with Crippen LogP contribution in [0.25, 0.3) is 0 Å². The first-order chi connectivity index (χ1) is 6.33. The summed E-state index contributed by atoms with van der Waals surface area (Å²) in [5.74, 6) is 0. The predicted octanol–water partition coefficient (Wildman–Crippen LogP) is -0.282. The fourth-order valence-electron chi connectivity index (χ4n) is 1.02. The van der Waals surface area contributed by atoms with Crippen molar-refractivity contribution in [2.45, 2.75) is 13.3 Å². The zero-order valence-electron chi connectivity index (χ0n) is 8.29. The van der Waals surface area contributed by atoms with E-state index in [0.717, 1.165) is 6.67 Å². The van der Waals surface area contributed by atoms with Crippen LogP contribution in [0.2, 0.25) is 0 Å². The molecule has 1 aliphatic heterocycles. The zero-order valence-corrected chi connectivity index (χ0v) is 9.56. The fourth-order valence-corrected chi connectivity index (χ4v) is 1.02. The van der Waals surface area contributed by atoms with Gasteiger partial charge in [-0.1, -0.05) is 6.92 Å². The Bertz CT molecular complexity index is 267. The van der Waals surface area contributed by atoms with Crippen LogP contribution in [-0.2, 0) is 21.2 Å². The minimum absolute atomic E-state index is 1.06. The molecule has 0 spiro atoms. The summed E-state index contributed by atoms with van der Waals surface area (Å²) < 4.78 is 31.9. The molecule has 0 saturated heterocycles. The quantitative estimate of drug-likeness (QED) is 0.695. The van der Waals surface area contributed by atoms with E-state index < -0.39 is 13.6 Å². The standard InChI is InChI=1S/C7H14N2.Cr.2H2O.2O/c1-3-4-9-6-5-8(2)7-9;;;;;/h5-6H,3-4,7H2,1-2H3;;2*1H2;;/q;+2;;;;/p-2. The molecule has 0 radical (unpaired) electrons. The average molecular weight is 244 g/mol. The zero-order chi connectivity index (χ0) is 11.2. The van der Waals surface area contributed by atoms with Crippen LogP contribution in [0.1, 0.15) is 13.3 Å². The average Bonchev–Trinajstić information content (AvgIpc) is 2.32. The molecular weight excluding hydrogens is 228 g/mol. The summed E-state index contributed by atoms with van der Waals surface area (Å²) in [5, 5.41) is 0. The second-order valence-electron chi connectivity index (χ2n) is 2.96. The molecule has 1 heterocycles. The van der Waals surface area contributed by atoms with E-state index >= 15 is 0 Å². The fraction of sp³-hybridized carbons (Fsp3) is 0.714. The Balaban J connectivity index is 0.000000292. The summed E-state index contributed by atoms with van der Waals surface area (Å²) in [6.07, 6.45) is 5.48. The van der Waals surface area contributed by atoms with E-state index in [1.54, 1.807) is 0 Å². The molecule has 0 aliphatic carbocycles. The van der Waals surface area contributed by atoms with Crippen LogP contribution in [-0.4, -0.2) is 38.4 Å². The Kier molecular flexibility index (Phi) is 5.73. The van der Waals surface area contributed by atoms with Crippen molar-refractivity contribution in [2.75, 3.05) is 20.3 Å². The van der Waals surface area contributed by atoms with Gasteiger partial charge in [-0.25, -0.2) is 0 Å². The van der Waals surface area contributed by atoms with E-state index in [0.29, 0.717) is 0 Å². The number of nitrogens with zero attached hydrogens (tertiary/aromatic N) is 2. The Morgan fingerprint density at radius 3 is 2.14 bits per heavy atom. The van der Waals surface area contributed by atoms with Gasteiger partial charge in [-0.2, -0.15) is 0 Å². The summed E-state index contributed by atoms with van der Waals surface area (Å²) >= 11 is -5.25. The van der Waals surface area contributed by atoms with Crippen LogP contribution >= 0.6 is 0 Å². The summed E-state index contributed by atoms with van der Waals surface area (Å²) in [6.45, 7) is 4.45. The first-order valence-corrected chi connectivity index (χ1v) is 6.33. The second kappa shape index (κ2) is 5.99. The van der Waals surface area contributed by atoms with Crippen LogP contribution in [0.3, 0.4) is 0 Å². The normalized spacial score (nSPS) is 15.4. The van der Waals surface area contributed by atoms with Gasteiger partial charge in [-0.15, -0.1) is 0 Å². The molecule has 7 heteroatoms. The third-order valence-electron chi connectivity index (χ3n) is 1.45. The van der Waals surface area contributed by atoms with Crippen LogP contribution in [0.4, 0.5) is 0 Å². The van der Waals surface area contributed by atoms with Gasteiger partial charge in [0.05, 0.1) is 6.67 Å². The maximum absolute atomic E-state index is 8.82. The molecule has 2 N–H and O–H groups in total. The van der Waals surface area contributed by atoms with Crippen molar-refractivity contribution in [1.82, 2.24) is 9.80 Å². The van der Waals surface area contributed by atoms with Crippen LogP contribution < -0.4 is 0 Å². The molecular formula is C7H16CrN2O4. The van der Waals surface area contributed by atoms with Gasteiger partial charge < -0.3 is 9.80 Å². The molecule has 0 unspecified atom stereocenters. The Morgan fingerprint density at radius 2 is 1.86 bits per heavy atom. The maximum atomic E-state index is 8.82. The van der Waals surface area contributed by atoms with Gasteiger partial charge in [0.1, 0.15) is 0 Å². The van der Waals surface area contributed by atoms with Crippen molar-refractivity contribution in [1.29, 1.82) is 0 Å². The Labute approximate surface area is 85.8 Å². The van der Waals surface area contributed by atoms with Crippen molar-refractivity contribution in [3.8, 4) is 0 Å². The van der Waals surface area contributed by atoms with Gasteiger partial charge in [0.25, 0.3) is 0 Å². The molecule has 6 nitrogen and oxygen atoms in total. The summed E-state index contributed by atoms with van der Waals surface area (Å²) in [6, 6.07) is 0. The third-order valence-corrected chi connectivity index (χ3v) is 1.45. The second-order valence-corrected chi connectivity index (χ2v) is 4.36. The molecule has 14 heavy (non-hydrogen) atoms. The summed E-state index contributed by atoms with van der Waals surface area (Å²) in [4.78, 5) is 4.48. The topological polar surface area (TPSA) is 81.1 Å². The van der Waals surface area contributed by atoms with E-state index in [1.165, 1.54) is 13.0 Å². The molecule has 0 amide bonds. The van der Waals surface area contributed by atoms with E-state index in [4.69, 9.17) is 15.9 Å². The van der Waals surface area contributed by atoms with Crippen LogP contribution in [0, 0.1) is 0 Å². The molecule has 0 saturated carbocycles. The molecule has 1 rings (SSSR count). The minimum atomic E-state index is -5.25. The van der Waals surface area contributed by atoms with E-state index in [1.807, 2.05) is 0 Å². The molecule has 0 aromatic rings. The molecule has 0 bridgehead atoms. The number of hydrogen-bond donors (Lipinski definition) is 2. The number of hydrogen-bond acceptors (Lipinski definition) is 4. The van der Waals surface area contributed by atoms with Crippen molar-refractivity contribution < 1.29 is 29.5 Å². The van der Waals surface area contributed by atoms with Crippen molar-refractivity contribution in [3.05, 3.63) is 12.4 Å². The predicted molar refractivity (Wildman–Crippen MR) is 44.6 cm³/mol. The van der Waals surface area contributed by atoms with Crippen molar-refractivity contribution in [3.63, 3.8) is 0 Å². The molecule has 1 aliphatic rings. The first kappa shape index (κ1) is 13.4. The van der Waals surface area contributed by atoms with Crippen molar-refractivity contribution in [2.24, 2.45) is 0 Å². The molecule has 84 valence electrons. The Hall–Kier alpha value is -0.608. The van der Waals surface area contributed by atoms with Gasteiger partial charge in [-0.3, -0.25) is 0 Å². The van der Waals surface area contributed by atoms with Gasteiger partial charge in [0.2, 0.25) is 0 Å². The van der Waals surface area contributed by atoms with E-state index in [2.05, 4.69) is 36.2 Å². The van der Waals surface area contributed by atoms with Crippen LogP contribution in [0.15, 0.2) is 12.4 Å². The summed E-state index contributed by atoms with van der Waals surface area (Å²) in [5.41, 5.74) is 0. The molecule has 0 aromatic heterocycles. The molecule has 0 fully saturated rings. The van der Waals surface area contributed by atoms with Gasteiger partial charge >= 0.3 is 29.5 Å². The van der Waals surface area contributed by atoms with E-state index in [-0.39, 0.29) is 0 Å². The SMILES string of the molecule is CCCN1C=CN(C)C1.[O]=[Cr](=[O])([OH])[OH]. The van der Waals surface area contributed by atoms with E-state index in [9.17, 15) is 0 Å². The molecule has 0 atom stereocenters. The monoisotopic (exact) mass is 244 g/mol. The molecule has 0 aromatic carbocycles.